The molecule has 64 valence electrons. The van der Waals surface area contributed by atoms with Gasteiger partial charge in [-0.2, -0.15) is 0 Å². The SMILES string of the molecule is O=C(OCC1CO1)C(O)CO. The van der Waals surface area contributed by atoms with Crippen molar-refractivity contribution >= 4 is 5.97 Å². The first-order valence-corrected chi connectivity index (χ1v) is 3.31. The maximum Gasteiger partial charge on any atom is 0.337 e. The molecule has 0 aliphatic carbocycles. The van der Waals surface area contributed by atoms with Crippen molar-refractivity contribution in [1.29, 1.82) is 0 Å². The number of carbonyl (C=O) groups is 1. The van der Waals surface area contributed by atoms with Crippen molar-refractivity contribution in [3.63, 3.8) is 0 Å². The molecule has 0 amide bonds. The van der Waals surface area contributed by atoms with Crippen LogP contribution in [-0.4, -0.2) is 48.2 Å². The van der Waals surface area contributed by atoms with Crippen molar-refractivity contribution < 1.29 is 24.5 Å². The Bertz CT molecular complexity index is 142. The van der Waals surface area contributed by atoms with Gasteiger partial charge in [0.05, 0.1) is 13.2 Å². The molecule has 1 rings (SSSR count). The molecule has 0 aromatic heterocycles. The number of rotatable bonds is 4. The largest absolute Gasteiger partial charge is 0.461 e. The van der Waals surface area contributed by atoms with E-state index in [-0.39, 0.29) is 12.7 Å². The smallest absolute Gasteiger partial charge is 0.337 e. The van der Waals surface area contributed by atoms with E-state index in [1.54, 1.807) is 0 Å². The molecule has 2 atom stereocenters. The van der Waals surface area contributed by atoms with E-state index >= 15 is 0 Å². The molecule has 1 saturated heterocycles. The third kappa shape index (κ3) is 2.83. The van der Waals surface area contributed by atoms with Crippen molar-refractivity contribution in [2.75, 3.05) is 19.8 Å². The number of aliphatic hydroxyl groups is 2. The lowest BCUT2D eigenvalue weighted by Gasteiger charge is -2.05. The number of hydrogen-bond donors (Lipinski definition) is 2. The fourth-order valence-electron chi connectivity index (χ4n) is 0.510. The zero-order valence-electron chi connectivity index (χ0n) is 5.90. The molecule has 1 aliphatic rings. The van der Waals surface area contributed by atoms with Gasteiger partial charge in [0.1, 0.15) is 12.7 Å². The van der Waals surface area contributed by atoms with Gasteiger partial charge >= 0.3 is 5.97 Å². The average molecular weight is 162 g/mol. The number of esters is 1. The van der Waals surface area contributed by atoms with Crippen LogP contribution in [0.4, 0.5) is 0 Å². The number of carbonyl (C=O) groups excluding carboxylic acids is 1. The van der Waals surface area contributed by atoms with Gasteiger partial charge in [-0.05, 0) is 0 Å². The summed E-state index contributed by atoms with van der Waals surface area (Å²) in [5.74, 6) is -0.803. The second-order valence-corrected chi connectivity index (χ2v) is 2.28. The van der Waals surface area contributed by atoms with Gasteiger partial charge < -0.3 is 19.7 Å². The summed E-state index contributed by atoms with van der Waals surface area (Å²) in [5.41, 5.74) is 0. The lowest BCUT2D eigenvalue weighted by atomic mass is 10.4. The zero-order chi connectivity index (χ0) is 8.27. The van der Waals surface area contributed by atoms with Crippen LogP contribution in [0.15, 0.2) is 0 Å². The van der Waals surface area contributed by atoms with Crippen molar-refractivity contribution in [3.05, 3.63) is 0 Å². The van der Waals surface area contributed by atoms with Crippen LogP contribution in [0.3, 0.4) is 0 Å². The summed E-state index contributed by atoms with van der Waals surface area (Å²) in [6, 6.07) is 0. The highest BCUT2D eigenvalue weighted by Gasteiger charge is 2.25. The van der Waals surface area contributed by atoms with Crippen LogP contribution in [0.5, 0.6) is 0 Å². The van der Waals surface area contributed by atoms with Gasteiger partial charge in [0.25, 0.3) is 0 Å². The standard InChI is InChI=1S/C6H10O5/c7-1-5(8)6(9)11-3-4-2-10-4/h4-5,7-8H,1-3H2. The molecular weight excluding hydrogens is 152 g/mol. The second-order valence-electron chi connectivity index (χ2n) is 2.28. The molecule has 0 saturated carbocycles. The van der Waals surface area contributed by atoms with Crippen molar-refractivity contribution in [3.8, 4) is 0 Å². The molecule has 0 aromatic rings. The fourth-order valence-corrected chi connectivity index (χ4v) is 0.510. The van der Waals surface area contributed by atoms with Crippen molar-refractivity contribution in [2.24, 2.45) is 0 Å². The van der Waals surface area contributed by atoms with Gasteiger partial charge in [0, 0.05) is 0 Å². The Hall–Kier alpha value is -0.650. The Morgan fingerprint density at radius 3 is 2.91 bits per heavy atom. The molecule has 0 spiro atoms. The normalized spacial score (nSPS) is 24.4. The Morgan fingerprint density at radius 2 is 2.45 bits per heavy atom. The van der Waals surface area contributed by atoms with E-state index in [0.29, 0.717) is 6.61 Å². The first-order chi connectivity index (χ1) is 5.24. The van der Waals surface area contributed by atoms with Gasteiger partial charge in [-0.25, -0.2) is 4.79 Å². The highest BCUT2D eigenvalue weighted by molar-refractivity contribution is 5.74. The molecule has 0 radical (unpaired) electrons. The van der Waals surface area contributed by atoms with Gasteiger partial charge in [0.2, 0.25) is 0 Å². The van der Waals surface area contributed by atoms with E-state index in [2.05, 4.69) is 4.74 Å². The highest BCUT2D eigenvalue weighted by Crippen LogP contribution is 2.08. The molecule has 2 N–H and O–H groups in total. The number of aliphatic hydroxyl groups excluding tert-OH is 2. The summed E-state index contributed by atoms with van der Waals surface area (Å²) in [4.78, 5) is 10.6. The minimum Gasteiger partial charge on any atom is -0.461 e. The van der Waals surface area contributed by atoms with Crippen LogP contribution in [-0.2, 0) is 14.3 Å². The van der Waals surface area contributed by atoms with Crippen LogP contribution in [0.25, 0.3) is 0 Å². The first kappa shape index (κ1) is 8.45. The van der Waals surface area contributed by atoms with Crippen molar-refractivity contribution in [2.45, 2.75) is 12.2 Å². The van der Waals surface area contributed by atoms with Crippen LogP contribution < -0.4 is 0 Å². The Kier molecular flexibility index (Phi) is 2.81. The lowest BCUT2D eigenvalue weighted by molar-refractivity contribution is -0.155. The molecular formula is C6H10O5. The fraction of sp³-hybridized carbons (Fsp3) is 0.833. The van der Waals surface area contributed by atoms with Crippen molar-refractivity contribution in [1.82, 2.24) is 0 Å². The monoisotopic (exact) mass is 162 g/mol. The van der Waals surface area contributed by atoms with E-state index in [1.807, 2.05) is 0 Å². The van der Waals surface area contributed by atoms with Gasteiger partial charge in [-0.15, -0.1) is 0 Å². The predicted molar refractivity (Wildman–Crippen MR) is 33.8 cm³/mol. The summed E-state index contributed by atoms with van der Waals surface area (Å²) in [7, 11) is 0. The van der Waals surface area contributed by atoms with E-state index in [1.165, 1.54) is 0 Å². The molecule has 11 heavy (non-hydrogen) atoms. The minimum atomic E-state index is -1.42. The Morgan fingerprint density at radius 1 is 1.82 bits per heavy atom. The lowest BCUT2D eigenvalue weighted by Crippen LogP contribution is -2.27. The molecule has 1 aliphatic heterocycles. The minimum absolute atomic E-state index is 0.00940. The summed E-state index contributed by atoms with van der Waals surface area (Å²) in [6.45, 7) is 0.156. The van der Waals surface area contributed by atoms with Gasteiger partial charge in [0.15, 0.2) is 6.10 Å². The summed E-state index contributed by atoms with van der Waals surface area (Å²) in [5, 5.41) is 17.0. The molecule has 0 aromatic carbocycles. The average Bonchev–Trinajstić information content (AvgIpc) is 2.81. The maximum absolute atomic E-state index is 10.6. The Labute approximate surface area is 63.5 Å². The quantitative estimate of drug-likeness (QED) is 0.380. The van der Waals surface area contributed by atoms with Gasteiger partial charge in [-0.3, -0.25) is 0 Å². The number of epoxide rings is 1. The molecule has 1 heterocycles. The summed E-state index contributed by atoms with van der Waals surface area (Å²) in [6.07, 6.45) is -1.43. The second kappa shape index (κ2) is 3.66. The third-order valence-electron chi connectivity index (χ3n) is 1.26. The molecule has 5 nitrogen and oxygen atoms in total. The topological polar surface area (TPSA) is 79.3 Å². The molecule has 1 fully saturated rings. The molecule has 2 unspecified atom stereocenters. The van der Waals surface area contributed by atoms with E-state index < -0.39 is 18.7 Å². The van der Waals surface area contributed by atoms with E-state index in [0.717, 1.165) is 0 Å². The van der Waals surface area contributed by atoms with Crippen LogP contribution >= 0.6 is 0 Å². The van der Waals surface area contributed by atoms with Gasteiger partial charge in [-0.1, -0.05) is 0 Å². The highest BCUT2D eigenvalue weighted by atomic mass is 16.6. The van der Waals surface area contributed by atoms with E-state index in [4.69, 9.17) is 14.9 Å². The number of hydrogen-bond acceptors (Lipinski definition) is 5. The molecule has 5 heteroatoms. The number of ether oxygens (including phenoxy) is 2. The van der Waals surface area contributed by atoms with Crippen LogP contribution in [0.1, 0.15) is 0 Å². The maximum atomic E-state index is 10.6. The predicted octanol–water partition coefficient (Wildman–Crippen LogP) is -1.72. The van der Waals surface area contributed by atoms with E-state index in [9.17, 15) is 4.79 Å². The van der Waals surface area contributed by atoms with Crippen LogP contribution in [0.2, 0.25) is 0 Å². The third-order valence-corrected chi connectivity index (χ3v) is 1.26. The summed E-state index contributed by atoms with van der Waals surface area (Å²) < 4.78 is 9.30. The summed E-state index contributed by atoms with van der Waals surface area (Å²) >= 11 is 0. The molecule has 0 bridgehead atoms. The van der Waals surface area contributed by atoms with Crippen LogP contribution in [0, 0.1) is 0 Å². The zero-order valence-corrected chi connectivity index (χ0v) is 5.90. The first-order valence-electron chi connectivity index (χ1n) is 3.31. The Balaban J connectivity index is 2.08.